The largest absolute Gasteiger partial charge is 0.416 e. The highest BCUT2D eigenvalue weighted by Crippen LogP contribution is 2.40. The number of hydrogen-bond acceptors (Lipinski definition) is 4. The smallest absolute Gasteiger partial charge is 0.379 e. The van der Waals surface area contributed by atoms with Gasteiger partial charge in [0.2, 0.25) is 0 Å². The number of halogens is 3. The maximum Gasteiger partial charge on any atom is 0.416 e. The summed E-state index contributed by atoms with van der Waals surface area (Å²) in [5.41, 5.74) is 1.44. The van der Waals surface area contributed by atoms with Gasteiger partial charge in [-0.1, -0.05) is 12.1 Å². The fourth-order valence-electron chi connectivity index (χ4n) is 4.74. The van der Waals surface area contributed by atoms with E-state index in [9.17, 15) is 13.2 Å². The van der Waals surface area contributed by atoms with Gasteiger partial charge in [-0.05, 0) is 54.7 Å². The number of hydrogen-bond donors (Lipinski definition) is 1. The second kappa shape index (κ2) is 9.96. The molecule has 0 aliphatic carbocycles. The maximum absolute atomic E-state index is 13.4. The van der Waals surface area contributed by atoms with Gasteiger partial charge in [0, 0.05) is 50.0 Å². The zero-order valence-electron chi connectivity index (χ0n) is 19.0. The average Bonchev–Trinajstić information content (AvgIpc) is 3.47. The second-order valence-electron chi connectivity index (χ2n) is 8.63. The fraction of sp³-hybridized carbons (Fsp3) is 0.360. The van der Waals surface area contributed by atoms with E-state index in [0.717, 1.165) is 37.1 Å². The first-order valence-electron chi connectivity index (χ1n) is 11.5. The van der Waals surface area contributed by atoms with Crippen LogP contribution in [0.15, 0.2) is 67.0 Å². The van der Waals surface area contributed by atoms with Gasteiger partial charge in [-0.2, -0.15) is 13.2 Å². The summed E-state index contributed by atoms with van der Waals surface area (Å²) >= 11 is 5.75. The van der Waals surface area contributed by atoms with Crippen molar-refractivity contribution < 1.29 is 17.9 Å². The molecule has 2 aliphatic heterocycles. The first-order chi connectivity index (χ1) is 16.9. The van der Waals surface area contributed by atoms with Crippen LogP contribution in [0.2, 0.25) is 0 Å². The van der Waals surface area contributed by atoms with Gasteiger partial charge in [0.1, 0.15) is 0 Å². The first kappa shape index (κ1) is 23.8. The molecule has 4 heterocycles. The van der Waals surface area contributed by atoms with Crippen molar-refractivity contribution in [2.45, 2.75) is 18.3 Å². The highest BCUT2D eigenvalue weighted by atomic mass is 32.1. The summed E-state index contributed by atoms with van der Waals surface area (Å²) in [6.45, 7) is 4.63. The molecule has 1 N–H and O–H groups in total. The Kier molecular flexibility index (Phi) is 6.77. The molecule has 2 saturated heterocycles. The molecule has 2 aliphatic rings. The number of rotatable bonds is 6. The summed E-state index contributed by atoms with van der Waals surface area (Å²) in [7, 11) is 0. The Balaban J connectivity index is 1.51. The molecule has 1 aromatic carbocycles. The molecule has 10 heteroatoms. The van der Waals surface area contributed by atoms with E-state index in [2.05, 4.69) is 20.1 Å². The van der Waals surface area contributed by atoms with Crippen molar-refractivity contribution in [3.05, 3.63) is 83.9 Å². The average molecular weight is 502 g/mol. The minimum absolute atomic E-state index is 0.243. The van der Waals surface area contributed by atoms with Crippen LogP contribution < -0.4 is 5.32 Å². The number of ether oxygens (including phenoxy) is 1. The lowest BCUT2D eigenvalue weighted by Gasteiger charge is -2.32. The highest BCUT2D eigenvalue weighted by Gasteiger charge is 2.41. The Morgan fingerprint density at radius 1 is 1.03 bits per heavy atom. The van der Waals surface area contributed by atoms with E-state index in [4.69, 9.17) is 17.0 Å². The standard InChI is InChI=1S/C25H26F3N5OS/c26-25(27,28)18-5-3-6-19(17-18)32-10-4-8-21(32)23-22(20-7-1-2-9-29-20)30-24(35)33(23)12-11-31-13-15-34-16-14-31/h1-10,17,22-23H,11-16H2,(H,30,35). The van der Waals surface area contributed by atoms with E-state index < -0.39 is 11.7 Å². The molecule has 0 saturated carbocycles. The number of aromatic nitrogens is 2. The molecule has 2 atom stereocenters. The van der Waals surface area contributed by atoms with Crippen LogP contribution in [0.4, 0.5) is 13.2 Å². The summed E-state index contributed by atoms with van der Waals surface area (Å²) in [6.07, 6.45) is -0.887. The molecule has 5 rings (SSSR count). The number of thiocarbonyl (C=S) groups is 1. The van der Waals surface area contributed by atoms with Crippen LogP contribution in [0.25, 0.3) is 5.69 Å². The third kappa shape index (κ3) is 5.05. The van der Waals surface area contributed by atoms with E-state index in [1.807, 2.05) is 34.9 Å². The molecule has 0 radical (unpaired) electrons. The van der Waals surface area contributed by atoms with Crippen molar-refractivity contribution in [3.63, 3.8) is 0 Å². The third-order valence-corrected chi connectivity index (χ3v) is 6.85. The molecule has 0 bridgehead atoms. The molecule has 2 aromatic heterocycles. The molecule has 0 spiro atoms. The van der Waals surface area contributed by atoms with E-state index in [-0.39, 0.29) is 12.1 Å². The number of alkyl halides is 3. The van der Waals surface area contributed by atoms with Gasteiger partial charge in [-0.25, -0.2) is 0 Å². The topological polar surface area (TPSA) is 45.6 Å². The lowest BCUT2D eigenvalue weighted by molar-refractivity contribution is -0.137. The van der Waals surface area contributed by atoms with Crippen LogP contribution in [0.3, 0.4) is 0 Å². The maximum atomic E-state index is 13.4. The lowest BCUT2D eigenvalue weighted by atomic mass is 10.0. The number of benzene rings is 1. The number of nitrogens with zero attached hydrogens (tertiary/aromatic N) is 4. The molecule has 2 unspecified atom stereocenters. The summed E-state index contributed by atoms with van der Waals surface area (Å²) in [6, 6.07) is 14.4. The summed E-state index contributed by atoms with van der Waals surface area (Å²) in [4.78, 5) is 9.02. The van der Waals surface area contributed by atoms with E-state index in [0.29, 0.717) is 30.6 Å². The molecule has 0 amide bonds. The van der Waals surface area contributed by atoms with E-state index in [1.165, 1.54) is 12.1 Å². The molecule has 6 nitrogen and oxygen atoms in total. The Hall–Kier alpha value is -2.95. The zero-order chi connectivity index (χ0) is 24.4. The third-order valence-electron chi connectivity index (χ3n) is 6.49. The Morgan fingerprint density at radius 3 is 2.60 bits per heavy atom. The van der Waals surface area contributed by atoms with E-state index in [1.54, 1.807) is 18.5 Å². The zero-order valence-corrected chi connectivity index (χ0v) is 19.8. The highest BCUT2D eigenvalue weighted by molar-refractivity contribution is 7.80. The van der Waals surface area contributed by atoms with Crippen molar-refractivity contribution in [3.8, 4) is 5.69 Å². The predicted molar refractivity (Wildman–Crippen MR) is 130 cm³/mol. The van der Waals surface area contributed by atoms with Crippen LogP contribution in [-0.4, -0.2) is 63.9 Å². The van der Waals surface area contributed by atoms with Gasteiger partial charge in [-0.3, -0.25) is 9.88 Å². The number of nitrogens with one attached hydrogen (secondary N) is 1. The minimum Gasteiger partial charge on any atom is -0.379 e. The summed E-state index contributed by atoms with van der Waals surface area (Å²) in [5, 5.41) is 4.03. The summed E-state index contributed by atoms with van der Waals surface area (Å²) in [5.74, 6) is 0. The quantitative estimate of drug-likeness (QED) is 0.511. The Morgan fingerprint density at radius 2 is 1.86 bits per heavy atom. The van der Waals surface area contributed by atoms with Gasteiger partial charge < -0.3 is 19.5 Å². The van der Waals surface area contributed by atoms with E-state index >= 15 is 0 Å². The van der Waals surface area contributed by atoms with Gasteiger partial charge in [0.15, 0.2) is 5.11 Å². The van der Waals surface area contributed by atoms with Crippen molar-refractivity contribution >= 4 is 17.3 Å². The van der Waals surface area contributed by atoms with Crippen molar-refractivity contribution in [1.82, 2.24) is 24.7 Å². The van der Waals surface area contributed by atoms with Gasteiger partial charge in [0.25, 0.3) is 0 Å². The van der Waals surface area contributed by atoms with Crippen LogP contribution in [-0.2, 0) is 10.9 Å². The number of pyridine rings is 1. The minimum atomic E-state index is -4.42. The van der Waals surface area contributed by atoms with Crippen molar-refractivity contribution in [2.75, 3.05) is 39.4 Å². The summed E-state index contributed by atoms with van der Waals surface area (Å²) < 4.78 is 47.5. The molecule has 184 valence electrons. The second-order valence-corrected chi connectivity index (χ2v) is 9.01. The SMILES string of the molecule is FC(F)(F)c1cccc(-n2cccc2C2C(c3ccccn3)NC(=S)N2CCN2CCOCC2)c1. The molecular weight excluding hydrogens is 475 g/mol. The van der Waals surface area contributed by atoms with Gasteiger partial charge >= 0.3 is 6.18 Å². The Bertz CT molecular complexity index is 1160. The predicted octanol–water partition coefficient (Wildman–Crippen LogP) is 4.20. The fourth-order valence-corrected chi connectivity index (χ4v) is 5.08. The van der Waals surface area contributed by atoms with Gasteiger partial charge in [-0.15, -0.1) is 0 Å². The first-order valence-corrected chi connectivity index (χ1v) is 12.0. The number of morpholine rings is 1. The lowest BCUT2D eigenvalue weighted by Crippen LogP contribution is -2.42. The molecular formula is C25H26F3N5OS. The van der Waals surface area contributed by atoms with Crippen LogP contribution in [0.5, 0.6) is 0 Å². The van der Waals surface area contributed by atoms with Gasteiger partial charge in [0.05, 0.1) is 36.6 Å². The normalized spacial score (nSPS) is 21.3. The molecule has 35 heavy (non-hydrogen) atoms. The van der Waals surface area contributed by atoms with Crippen molar-refractivity contribution in [1.29, 1.82) is 0 Å². The monoisotopic (exact) mass is 501 g/mol. The Labute approximate surface area is 207 Å². The molecule has 2 fully saturated rings. The van der Waals surface area contributed by atoms with Crippen LogP contribution in [0.1, 0.15) is 29.0 Å². The van der Waals surface area contributed by atoms with Crippen molar-refractivity contribution in [2.24, 2.45) is 0 Å². The van der Waals surface area contributed by atoms with Crippen LogP contribution in [0, 0.1) is 0 Å². The molecule has 3 aromatic rings. The van der Waals surface area contributed by atoms with Crippen LogP contribution >= 0.6 is 12.2 Å².